The van der Waals surface area contributed by atoms with E-state index in [2.05, 4.69) is 13.8 Å². The second kappa shape index (κ2) is 4.96. The number of nitrogens with zero attached hydrogens (tertiary/aromatic N) is 1. The van der Waals surface area contributed by atoms with Crippen molar-refractivity contribution in [1.29, 1.82) is 0 Å². The van der Waals surface area contributed by atoms with Crippen LogP contribution in [0.4, 0.5) is 10.1 Å². The first-order valence-corrected chi connectivity index (χ1v) is 6.31. The number of piperidine rings is 1. The van der Waals surface area contributed by atoms with E-state index in [0.29, 0.717) is 17.4 Å². The number of halogens is 1. The summed E-state index contributed by atoms with van der Waals surface area (Å²) < 4.78 is 13.1. The highest BCUT2D eigenvalue weighted by Gasteiger charge is 2.26. The molecule has 0 aliphatic carbocycles. The van der Waals surface area contributed by atoms with Crippen LogP contribution < -0.4 is 5.73 Å². The molecule has 4 heteroatoms. The lowest BCUT2D eigenvalue weighted by Gasteiger charge is -2.35. The lowest BCUT2D eigenvalue weighted by molar-refractivity contribution is 0.0623. The SMILES string of the molecule is CC1CC(C)CN(C(=O)c2ccc(F)c(N)c2)C1. The van der Waals surface area contributed by atoms with Crippen molar-refractivity contribution in [3.63, 3.8) is 0 Å². The molecular formula is C14H19FN2O. The number of hydrogen-bond acceptors (Lipinski definition) is 2. The third-order valence-corrected chi connectivity index (χ3v) is 3.40. The summed E-state index contributed by atoms with van der Waals surface area (Å²) in [6.45, 7) is 5.82. The van der Waals surface area contributed by atoms with Gasteiger partial charge in [0.15, 0.2) is 0 Å². The van der Waals surface area contributed by atoms with Crippen LogP contribution in [0.3, 0.4) is 0 Å². The number of nitrogens with two attached hydrogens (primary N) is 1. The molecule has 1 amide bonds. The van der Waals surface area contributed by atoms with Crippen molar-refractivity contribution in [2.24, 2.45) is 11.8 Å². The molecule has 1 aliphatic heterocycles. The monoisotopic (exact) mass is 250 g/mol. The van der Waals surface area contributed by atoms with Gasteiger partial charge in [0.25, 0.3) is 5.91 Å². The van der Waals surface area contributed by atoms with Gasteiger partial charge in [0.05, 0.1) is 5.69 Å². The Labute approximate surface area is 107 Å². The standard InChI is InChI=1S/C14H19FN2O/c1-9-5-10(2)8-17(7-9)14(18)11-3-4-12(15)13(16)6-11/h3-4,6,9-10H,5,7-8,16H2,1-2H3. The van der Waals surface area contributed by atoms with Crippen molar-refractivity contribution >= 4 is 11.6 Å². The Morgan fingerprint density at radius 3 is 2.50 bits per heavy atom. The van der Waals surface area contributed by atoms with Gasteiger partial charge < -0.3 is 10.6 Å². The number of anilines is 1. The normalized spacial score (nSPS) is 24.1. The van der Waals surface area contributed by atoms with E-state index in [0.717, 1.165) is 19.5 Å². The molecule has 3 nitrogen and oxygen atoms in total. The largest absolute Gasteiger partial charge is 0.396 e. The molecule has 0 spiro atoms. The summed E-state index contributed by atoms with van der Waals surface area (Å²) >= 11 is 0. The van der Waals surface area contributed by atoms with E-state index in [9.17, 15) is 9.18 Å². The zero-order valence-electron chi connectivity index (χ0n) is 10.8. The summed E-state index contributed by atoms with van der Waals surface area (Å²) in [5.41, 5.74) is 5.99. The van der Waals surface area contributed by atoms with Crippen LogP contribution in [-0.4, -0.2) is 23.9 Å². The minimum atomic E-state index is -0.480. The average molecular weight is 250 g/mol. The Morgan fingerprint density at radius 1 is 1.33 bits per heavy atom. The minimum Gasteiger partial charge on any atom is -0.396 e. The van der Waals surface area contributed by atoms with Crippen molar-refractivity contribution in [2.75, 3.05) is 18.8 Å². The van der Waals surface area contributed by atoms with Crippen molar-refractivity contribution in [3.8, 4) is 0 Å². The van der Waals surface area contributed by atoms with E-state index in [1.807, 2.05) is 4.90 Å². The predicted octanol–water partition coefficient (Wildman–Crippen LogP) is 2.53. The molecule has 1 aliphatic rings. The molecule has 98 valence electrons. The van der Waals surface area contributed by atoms with Crippen molar-refractivity contribution in [2.45, 2.75) is 20.3 Å². The van der Waals surface area contributed by atoms with E-state index >= 15 is 0 Å². The molecule has 2 unspecified atom stereocenters. The van der Waals surface area contributed by atoms with Crippen LogP contribution in [0.25, 0.3) is 0 Å². The van der Waals surface area contributed by atoms with Crippen molar-refractivity contribution < 1.29 is 9.18 Å². The first-order chi connectivity index (χ1) is 8.47. The lowest BCUT2D eigenvalue weighted by Crippen LogP contribution is -2.42. The summed E-state index contributed by atoms with van der Waals surface area (Å²) in [5, 5.41) is 0. The summed E-state index contributed by atoms with van der Waals surface area (Å²) in [5.74, 6) is 0.484. The molecule has 2 atom stereocenters. The Hall–Kier alpha value is -1.58. The van der Waals surface area contributed by atoms with E-state index in [1.165, 1.54) is 18.2 Å². The Morgan fingerprint density at radius 2 is 1.94 bits per heavy atom. The fraction of sp³-hybridized carbons (Fsp3) is 0.500. The van der Waals surface area contributed by atoms with Crippen LogP contribution in [0.5, 0.6) is 0 Å². The van der Waals surface area contributed by atoms with Gasteiger partial charge in [-0.2, -0.15) is 0 Å². The number of rotatable bonds is 1. The number of hydrogen-bond donors (Lipinski definition) is 1. The molecule has 1 saturated heterocycles. The maximum Gasteiger partial charge on any atom is 0.253 e. The number of carbonyl (C=O) groups is 1. The summed E-state index contributed by atoms with van der Waals surface area (Å²) in [6.07, 6.45) is 1.15. The molecule has 1 heterocycles. The molecule has 0 bridgehead atoms. The molecule has 2 N–H and O–H groups in total. The zero-order chi connectivity index (χ0) is 13.3. The quantitative estimate of drug-likeness (QED) is 0.778. The molecule has 2 rings (SSSR count). The highest BCUT2D eigenvalue weighted by Crippen LogP contribution is 2.23. The highest BCUT2D eigenvalue weighted by atomic mass is 19.1. The van der Waals surface area contributed by atoms with Crippen LogP contribution in [0.2, 0.25) is 0 Å². The fourth-order valence-corrected chi connectivity index (χ4v) is 2.69. The van der Waals surface area contributed by atoms with Gasteiger partial charge in [-0.05, 0) is 36.5 Å². The van der Waals surface area contributed by atoms with E-state index < -0.39 is 5.82 Å². The summed E-state index contributed by atoms with van der Waals surface area (Å²) in [6, 6.07) is 4.17. The molecule has 0 radical (unpaired) electrons. The molecule has 1 aromatic rings. The fourth-order valence-electron chi connectivity index (χ4n) is 2.69. The second-order valence-corrected chi connectivity index (χ2v) is 5.39. The number of nitrogen functional groups attached to an aromatic ring is 1. The van der Waals surface area contributed by atoms with Crippen LogP contribution in [-0.2, 0) is 0 Å². The van der Waals surface area contributed by atoms with Crippen LogP contribution >= 0.6 is 0 Å². The van der Waals surface area contributed by atoms with E-state index in [-0.39, 0.29) is 11.6 Å². The first-order valence-electron chi connectivity index (χ1n) is 6.31. The Kier molecular flexibility index (Phi) is 3.55. The molecule has 0 aromatic heterocycles. The van der Waals surface area contributed by atoms with Gasteiger partial charge in [-0.3, -0.25) is 4.79 Å². The third kappa shape index (κ3) is 2.63. The smallest absolute Gasteiger partial charge is 0.253 e. The van der Waals surface area contributed by atoms with Crippen LogP contribution in [0.15, 0.2) is 18.2 Å². The first kappa shape index (κ1) is 12.9. The van der Waals surface area contributed by atoms with Crippen LogP contribution in [0.1, 0.15) is 30.6 Å². The molecule has 0 saturated carbocycles. The van der Waals surface area contributed by atoms with Gasteiger partial charge in [0, 0.05) is 18.7 Å². The van der Waals surface area contributed by atoms with Gasteiger partial charge in [-0.15, -0.1) is 0 Å². The average Bonchev–Trinajstić information content (AvgIpc) is 2.30. The van der Waals surface area contributed by atoms with E-state index in [4.69, 9.17) is 5.73 Å². The number of likely N-dealkylation sites (tertiary alicyclic amines) is 1. The molecule has 1 fully saturated rings. The van der Waals surface area contributed by atoms with Gasteiger partial charge in [-0.25, -0.2) is 4.39 Å². The van der Waals surface area contributed by atoms with Gasteiger partial charge in [0.2, 0.25) is 0 Å². The molecular weight excluding hydrogens is 231 g/mol. The topological polar surface area (TPSA) is 46.3 Å². The maximum atomic E-state index is 13.1. The number of amides is 1. The van der Waals surface area contributed by atoms with Gasteiger partial charge in [-0.1, -0.05) is 13.8 Å². The summed E-state index contributed by atoms with van der Waals surface area (Å²) in [4.78, 5) is 14.1. The van der Waals surface area contributed by atoms with Crippen LogP contribution in [0, 0.1) is 17.7 Å². The Bertz CT molecular complexity index is 451. The zero-order valence-corrected chi connectivity index (χ0v) is 10.8. The van der Waals surface area contributed by atoms with Gasteiger partial charge >= 0.3 is 0 Å². The highest BCUT2D eigenvalue weighted by molar-refractivity contribution is 5.95. The minimum absolute atomic E-state index is 0.0268. The molecule has 1 aromatic carbocycles. The lowest BCUT2D eigenvalue weighted by atomic mass is 9.91. The van der Waals surface area contributed by atoms with Crippen molar-refractivity contribution in [3.05, 3.63) is 29.6 Å². The maximum absolute atomic E-state index is 13.1. The predicted molar refractivity (Wildman–Crippen MR) is 69.7 cm³/mol. The summed E-state index contributed by atoms with van der Waals surface area (Å²) in [7, 11) is 0. The number of carbonyl (C=O) groups excluding carboxylic acids is 1. The van der Waals surface area contributed by atoms with Crippen molar-refractivity contribution in [1.82, 2.24) is 4.90 Å². The second-order valence-electron chi connectivity index (χ2n) is 5.39. The van der Waals surface area contributed by atoms with Gasteiger partial charge in [0.1, 0.15) is 5.82 Å². The third-order valence-electron chi connectivity index (χ3n) is 3.40. The number of benzene rings is 1. The van der Waals surface area contributed by atoms with E-state index in [1.54, 1.807) is 0 Å². The Balaban J connectivity index is 2.17. The molecule has 18 heavy (non-hydrogen) atoms.